The van der Waals surface area contributed by atoms with Crippen molar-refractivity contribution in [2.75, 3.05) is 0 Å². The van der Waals surface area contributed by atoms with Crippen molar-refractivity contribution in [1.29, 1.82) is 0 Å². The summed E-state index contributed by atoms with van der Waals surface area (Å²) >= 11 is 1.43. The number of aromatic amines is 1. The van der Waals surface area contributed by atoms with Crippen LogP contribution in [0.5, 0.6) is 0 Å². The number of carbonyl (C=O) groups excluding carboxylic acids is 1. The van der Waals surface area contributed by atoms with E-state index in [4.69, 9.17) is 0 Å². The van der Waals surface area contributed by atoms with Crippen LogP contribution in [-0.4, -0.2) is 26.0 Å². The molecule has 0 saturated carbocycles. The van der Waals surface area contributed by atoms with E-state index in [-0.39, 0.29) is 23.4 Å². The molecule has 3 rings (SSSR count). The van der Waals surface area contributed by atoms with E-state index in [1.54, 1.807) is 6.07 Å². The Morgan fingerprint density at radius 2 is 2.33 bits per heavy atom. The molecule has 0 atom stereocenters. The van der Waals surface area contributed by atoms with Crippen LogP contribution in [0.2, 0.25) is 0 Å². The predicted octanol–water partition coefficient (Wildman–Crippen LogP) is 1.82. The molecule has 0 amide bonds. The van der Waals surface area contributed by atoms with Crippen molar-refractivity contribution < 1.29 is 9.18 Å². The molecule has 0 spiro atoms. The topological polar surface area (TPSA) is 80.6 Å². The van der Waals surface area contributed by atoms with Gasteiger partial charge in [0.2, 0.25) is 0 Å². The Morgan fingerprint density at radius 1 is 1.52 bits per heavy atom. The largest absolute Gasteiger partial charge is 0.308 e. The molecule has 1 N–H and O–H groups in total. The molecule has 8 heteroatoms. The second-order valence-corrected chi connectivity index (χ2v) is 5.80. The van der Waals surface area contributed by atoms with Gasteiger partial charge in [0.05, 0.1) is 17.5 Å². The summed E-state index contributed by atoms with van der Waals surface area (Å²) in [4.78, 5) is 31.4. The van der Waals surface area contributed by atoms with Crippen molar-refractivity contribution in [2.24, 2.45) is 0 Å². The SMILES string of the molecule is Cc1cc2c(=O)[nH]c(Cn3cc(C=O)c(CF)n3)nc2s1. The highest BCUT2D eigenvalue weighted by Crippen LogP contribution is 2.19. The normalized spacial score (nSPS) is 11.1. The molecule has 0 aromatic carbocycles. The minimum absolute atomic E-state index is 0.0837. The molecule has 3 heterocycles. The van der Waals surface area contributed by atoms with Gasteiger partial charge < -0.3 is 4.98 Å². The maximum atomic E-state index is 12.7. The fourth-order valence-electron chi connectivity index (χ4n) is 2.08. The number of nitrogens with one attached hydrogen (secondary N) is 1. The van der Waals surface area contributed by atoms with Gasteiger partial charge >= 0.3 is 0 Å². The van der Waals surface area contributed by atoms with Crippen LogP contribution >= 0.6 is 11.3 Å². The standard InChI is InChI=1S/C13H11FN4O2S/c1-7-2-9-12(20)15-11(16-13(9)21-7)5-18-4-8(6-19)10(3-14)17-18/h2,4,6H,3,5H2,1H3,(H,15,16,20). The van der Waals surface area contributed by atoms with Crippen LogP contribution in [0.25, 0.3) is 10.2 Å². The summed E-state index contributed by atoms with van der Waals surface area (Å²) in [6.07, 6.45) is 1.99. The number of fused-ring (bicyclic) bond motifs is 1. The Kier molecular flexibility index (Phi) is 3.38. The molecule has 6 nitrogen and oxygen atoms in total. The lowest BCUT2D eigenvalue weighted by molar-refractivity contribution is 0.112. The zero-order valence-corrected chi connectivity index (χ0v) is 11.9. The van der Waals surface area contributed by atoms with E-state index in [1.165, 1.54) is 22.2 Å². The highest BCUT2D eigenvalue weighted by atomic mass is 32.1. The van der Waals surface area contributed by atoms with Crippen LogP contribution in [0.15, 0.2) is 17.1 Å². The van der Waals surface area contributed by atoms with Crippen molar-refractivity contribution in [3.05, 3.63) is 44.6 Å². The third-order valence-corrected chi connectivity index (χ3v) is 3.95. The Morgan fingerprint density at radius 3 is 3.00 bits per heavy atom. The smallest absolute Gasteiger partial charge is 0.259 e. The second-order valence-electron chi connectivity index (χ2n) is 4.57. The number of aryl methyl sites for hydroxylation is 1. The number of aromatic nitrogens is 4. The molecule has 0 aliphatic carbocycles. The van der Waals surface area contributed by atoms with Gasteiger partial charge in [0.15, 0.2) is 6.29 Å². The molecule has 0 unspecified atom stereocenters. The van der Waals surface area contributed by atoms with E-state index in [0.717, 1.165) is 4.88 Å². The molecular formula is C13H11FN4O2S. The molecule has 0 saturated heterocycles. The Hall–Kier alpha value is -2.35. The molecular weight excluding hydrogens is 295 g/mol. The van der Waals surface area contributed by atoms with Gasteiger partial charge in [-0.3, -0.25) is 14.3 Å². The van der Waals surface area contributed by atoms with Crippen LogP contribution in [0, 0.1) is 6.92 Å². The fraction of sp³-hybridized carbons (Fsp3) is 0.231. The summed E-state index contributed by atoms with van der Waals surface area (Å²) in [5.74, 6) is 0.416. The average Bonchev–Trinajstić information content (AvgIpc) is 3.01. The van der Waals surface area contributed by atoms with Crippen LogP contribution in [0.1, 0.15) is 26.8 Å². The van der Waals surface area contributed by atoms with Crippen molar-refractivity contribution in [3.8, 4) is 0 Å². The first-order valence-corrected chi connectivity index (χ1v) is 6.99. The first-order valence-electron chi connectivity index (χ1n) is 6.17. The van der Waals surface area contributed by atoms with Gasteiger partial charge in [0, 0.05) is 11.1 Å². The second kappa shape index (κ2) is 5.21. The van der Waals surface area contributed by atoms with Crippen LogP contribution in [0.4, 0.5) is 4.39 Å². The monoisotopic (exact) mass is 306 g/mol. The zero-order valence-electron chi connectivity index (χ0n) is 11.1. The number of alkyl halides is 1. The van der Waals surface area contributed by atoms with Gasteiger partial charge in [-0.2, -0.15) is 5.10 Å². The number of aldehydes is 1. The number of carbonyl (C=O) groups is 1. The molecule has 0 radical (unpaired) electrons. The highest BCUT2D eigenvalue weighted by molar-refractivity contribution is 7.18. The Bertz CT molecular complexity index is 880. The van der Waals surface area contributed by atoms with Gasteiger partial charge in [-0.1, -0.05) is 0 Å². The van der Waals surface area contributed by atoms with Crippen molar-refractivity contribution >= 4 is 27.8 Å². The van der Waals surface area contributed by atoms with E-state index < -0.39 is 6.67 Å². The van der Waals surface area contributed by atoms with E-state index in [1.807, 2.05) is 6.92 Å². The summed E-state index contributed by atoms with van der Waals surface area (Å²) in [7, 11) is 0. The van der Waals surface area contributed by atoms with Gasteiger partial charge in [-0.25, -0.2) is 9.37 Å². The van der Waals surface area contributed by atoms with E-state index in [2.05, 4.69) is 15.1 Å². The zero-order chi connectivity index (χ0) is 15.0. The predicted molar refractivity (Wildman–Crippen MR) is 76.5 cm³/mol. The third kappa shape index (κ3) is 2.49. The highest BCUT2D eigenvalue weighted by Gasteiger charge is 2.11. The molecule has 0 aliphatic heterocycles. The molecule has 108 valence electrons. The summed E-state index contributed by atoms with van der Waals surface area (Å²) < 4.78 is 14.1. The molecule has 0 aliphatic rings. The Labute approximate surface area is 122 Å². The quantitative estimate of drug-likeness (QED) is 0.746. The first kappa shape index (κ1) is 13.6. The number of H-pyrrole nitrogens is 1. The fourth-order valence-corrected chi connectivity index (χ4v) is 2.98. The molecule has 0 fully saturated rings. The van der Waals surface area contributed by atoms with Crippen LogP contribution in [0.3, 0.4) is 0 Å². The summed E-state index contributed by atoms with van der Waals surface area (Å²) in [6, 6.07) is 1.79. The first-order chi connectivity index (χ1) is 10.1. The number of rotatable bonds is 4. The third-order valence-electron chi connectivity index (χ3n) is 3.01. The summed E-state index contributed by atoms with van der Waals surface area (Å²) in [5.41, 5.74) is 0.0705. The van der Waals surface area contributed by atoms with Gasteiger partial charge in [-0.15, -0.1) is 11.3 Å². The number of thiophene rings is 1. The lowest BCUT2D eigenvalue weighted by Crippen LogP contribution is -2.13. The van der Waals surface area contributed by atoms with Crippen molar-refractivity contribution in [2.45, 2.75) is 20.1 Å². The van der Waals surface area contributed by atoms with Crippen molar-refractivity contribution in [3.63, 3.8) is 0 Å². The number of nitrogens with zero attached hydrogens (tertiary/aromatic N) is 3. The van der Waals surface area contributed by atoms with Gasteiger partial charge in [-0.05, 0) is 13.0 Å². The van der Waals surface area contributed by atoms with E-state index >= 15 is 0 Å². The summed E-state index contributed by atoms with van der Waals surface area (Å²) in [6.45, 7) is 1.26. The van der Waals surface area contributed by atoms with E-state index in [0.29, 0.717) is 22.3 Å². The lowest BCUT2D eigenvalue weighted by Gasteiger charge is -2.01. The lowest BCUT2D eigenvalue weighted by atomic mass is 10.3. The van der Waals surface area contributed by atoms with Gasteiger partial charge in [0.25, 0.3) is 5.56 Å². The van der Waals surface area contributed by atoms with Crippen molar-refractivity contribution in [1.82, 2.24) is 19.7 Å². The average molecular weight is 306 g/mol. The number of hydrogen-bond donors (Lipinski definition) is 1. The summed E-state index contributed by atoms with van der Waals surface area (Å²) in [5, 5.41) is 4.52. The molecule has 3 aromatic heterocycles. The minimum Gasteiger partial charge on any atom is -0.308 e. The minimum atomic E-state index is -0.811. The number of hydrogen-bond acceptors (Lipinski definition) is 5. The molecule has 0 bridgehead atoms. The van der Waals surface area contributed by atoms with E-state index in [9.17, 15) is 14.0 Å². The maximum absolute atomic E-state index is 12.7. The number of halogens is 1. The van der Waals surface area contributed by atoms with Gasteiger partial charge in [0.1, 0.15) is 23.0 Å². The Balaban J connectivity index is 1.99. The molecule has 3 aromatic rings. The molecule has 21 heavy (non-hydrogen) atoms. The van der Waals surface area contributed by atoms with Crippen LogP contribution < -0.4 is 5.56 Å². The maximum Gasteiger partial charge on any atom is 0.259 e. The van der Waals surface area contributed by atoms with Crippen LogP contribution in [-0.2, 0) is 13.2 Å².